The summed E-state index contributed by atoms with van der Waals surface area (Å²) in [6, 6.07) is 6.79. The molecule has 0 aliphatic rings. The minimum absolute atomic E-state index is 0.0765. The van der Waals surface area contributed by atoms with E-state index in [0.717, 1.165) is 5.56 Å². The van der Waals surface area contributed by atoms with Crippen LogP contribution in [0.3, 0.4) is 0 Å². The van der Waals surface area contributed by atoms with Crippen LogP contribution in [-0.2, 0) is 11.3 Å². The normalized spacial score (nSPS) is 12.2. The first kappa shape index (κ1) is 13.5. The molecule has 0 saturated carbocycles. The van der Waals surface area contributed by atoms with Crippen LogP contribution in [0.15, 0.2) is 24.3 Å². The fourth-order valence-electron chi connectivity index (χ4n) is 1.51. The molecule has 1 aromatic rings. The van der Waals surface area contributed by atoms with Gasteiger partial charge in [0.25, 0.3) is 0 Å². The molecule has 0 aliphatic carbocycles. The van der Waals surface area contributed by atoms with E-state index in [2.05, 4.69) is 5.32 Å². The van der Waals surface area contributed by atoms with Gasteiger partial charge in [-0.2, -0.15) is 0 Å². The van der Waals surface area contributed by atoms with Gasteiger partial charge in [0.2, 0.25) is 5.91 Å². The summed E-state index contributed by atoms with van der Waals surface area (Å²) in [6.45, 7) is 5.06. The maximum Gasteiger partial charge on any atom is 0.239 e. The number of benzene rings is 1. The number of nitrogens with zero attached hydrogens (tertiary/aromatic N) is 1. The number of carbonyl (C=O) groups is 1. The molecule has 2 N–H and O–H groups in total. The summed E-state index contributed by atoms with van der Waals surface area (Å²) >= 11 is 0. The zero-order valence-electron chi connectivity index (χ0n) is 10.6. The van der Waals surface area contributed by atoms with Gasteiger partial charge in [0.15, 0.2) is 0 Å². The molecule has 1 aromatic carbocycles. The summed E-state index contributed by atoms with van der Waals surface area (Å²) in [5, 5.41) is 12.4. The van der Waals surface area contributed by atoms with E-state index in [1.54, 1.807) is 30.1 Å². The van der Waals surface area contributed by atoms with Crippen molar-refractivity contribution in [3.8, 4) is 5.75 Å². The smallest absolute Gasteiger partial charge is 0.239 e. The maximum atomic E-state index is 11.8. The van der Waals surface area contributed by atoms with Crippen LogP contribution in [0, 0.1) is 0 Å². The molecule has 0 heterocycles. The van der Waals surface area contributed by atoms with Gasteiger partial charge in [0.05, 0.1) is 6.04 Å². The first-order valence-electron chi connectivity index (χ1n) is 5.81. The second kappa shape index (κ2) is 6.25. The lowest BCUT2D eigenvalue weighted by atomic mass is 10.2. The van der Waals surface area contributed by atoms with Crippen molar-refractivity contribution in [2.24, 2.45) is 0 Å². The largest absolute Gasteiger partial charge is 0.508 e. The number of hydrogen-bond donors (Lipinski definition) is 2. The molecule has 1 rings (SSSR count). The van der Waals surface area contributed by atoms with Crippen LogP contribution >= 0.6 is 0 Å². The van der Waals surface area contributed by atoms with Crippen molar-refractivity contribution < 1.29 is 9.90 Å². The monoisotopic (exact) mass is 236 g/mol. The number of aromatic hydroxyl groups is 1. The van der Waals surface area contributed by atoms with Crippen molar-refractivity contribution in [3.63, 3.8) is 0 Å². The highest BCUT2D eigenvalue weighted by Gasteiger charge is 2.15. The fourth-order valence-corrected chi connectivity index (χ4v) is 1.51. The predicted molar refractivity (Wildman–Crippen MR) is 67.7 cm³/mol. The lowest BCUT2D eigenvalue weighted by Gasteiger charge is -2.20. The van der Waals surface area contributed by atoms with Crippen molar-refractivity contribution in [2.75, 3.05) is 13.6 Å². The van der Waals surface area contributed by atoms with Crippen LogP contribution in [-0.4, -0.2) is 35.5 Å². The number of nitrogens with one attached hydrogen (secondary N) is 1. The molecule has 94 valence electrons. The Morgan fingerprint density at radius 1 is 1.53 bits per heavy atom. The topological polar surface area (TPSA) is 52.6 Å². The molecule has 0 saturated heterocycles. The van der Waals surface area contributed by atoms with Crippen LogP contribution in [0.4, 0.5) is 0 Å². The molecule has 17 heavy (non-hydrogen) atoms. The minimum atomic E-state index is -0.220. The molecule has 0 spiro atoms. The molecule has 0 radical (unpaired) electrons. The van der Waals surface area contributed by atoms with Gasteiger partial charge in [0, 0.05) is 20.1 Å². The Hall–Kier alpha value is -1.55. The number of hydrogen-bond acceptors (Lipinski definition) is 3. The molecular formula is C13H20N2O2. The van der Waals surface area contributed by atoms with Gasteiger partial charge >= 0.3 is 0 Å². The lowest BCUT2D eigenvalue weighted by molar-refractivity contribution is -0.131. The number of likely N-dealkylation sites (N-methyl/N-ethyl adjacent to an activating group) is 1. The second-order valence-corrected chi connectivity index (χ2v) is 4.12. The van der Waals surface area contributed by atoms with E-state index < -0.39 is 0 Å². The molecule has 1 atom stereocenters. The minimum Gasteiger partial charge on any atom is -0.508 e. The Morgan fingerprint density at radius 3 is 2.82 bits per heavy atom. The molecule has 0 fully saturated rings. The quantitative estimate of drug-likeness (QED) is 0.811. The van der Waals surface area contributed by atoms with Crippen LogP contribution in [0.5, 0.6) is 5.75 Å². The van der Waals surface area contributed by atoms with Gasteiger partial charge in [-0.25, -0.2) is 0 Å². The summed E-state index contributed by atoms with van der Waals surface area (Å²) in [7, 11) is 1.79. The second-order valence-electron chi connectivity index (χ2n) is 4.12. The third kappa shape index (κ3) is 4.07. The number of carbonyl (C=O) groups excluding carboxylic acids is 1. The van der Waals surface area contributed by atoms with Gasteiger partial charge in [-0.1, -0.05) is 12.1 Å². The first-order chi connectivity index (χ1) is 8.04. The summed E-state index contributed by atoms with van der Waals surface area (Å²) in [6.07, 6.45) is 0. The summed E-state index contributed by atoms with van der Waals surface area (Å²) in [5.41, 5.74) is 0.962. The van der Waals surface area contributed by atoms with Gasteiger partial charge in [0.1, 0.15) is 5.75 Å². The first-order valence-corrected chi connectivity index (χ1v) is 5.81. The number of phenols is 1. The van der Waals surface area contributed by atoms with Crippen molar-refractivity contribution >= 4 is 5.91 Å². The van der Waals surface area contributed by atoms with Crippen LogP contribution in [0.25, 0.3) is 0 Å². The molecule has 1 unspecified atom stereocenters. The fraction of sp³-hybridized carbons (Fsp3) is 0.462. The van der Waals surface area contributed by atoms with E-state index in [0.29, 0.717) is 13.1 Å². The van der Waals surface area contributed by atoms with E-state index >= 15 is 0 Å². The van der Waals surface area contributed by atoms with Gasteiger partial charge in [-0.3, -0.25) is 4.79 Å². The highest BCUT2D eigenvalue weighted by atomic mass is 16.3. The van der Waals surface area contributed by atoms with Gasteiger partial charge in [-0.15, -0.1) is 0 Å². The zero-order chi connectivity index (χ0) is 12.8. The Balaban J connectivity index is 2.48. The Labute approximate surface area is 102 Å². The Bertz CT molecular complexity index is 379. The molecule has 4 nitrogen and oxygen atoms in total. The highest BCUT2D eigenvalue weighted by molar-refractivity contribution is 5.81. The Morgan fingerprint density at radius 2 is 2.24 bits per heavy atom. The van der Waals surface area contributed by atoms with E-state index in [4.69, 9.17) is 0 Å². The van der Waals surface area contributed by atoms with E-state index in [-0.39, 0.29) is 17.7 Å². The number of phenolic OH excluding ortho intramolecular Hbond substituents is 1. The molecular weight excluding hydrogens is 216 g/mol. The summed E-state index contributed by atoms with van der Waals surface area (Å²) < 4.78 is 0. The van der Waals surface area contributed by atoms with Crippen LogP contribution < -0.4 is 5.32 Å². The van der Waals surface area contributed by atoms with Crippen molar-refractivity contribution in [1.82, 2.24) is 10.2 Å². The number of amides is 1. The van der Waals surface area contributed by atoms with Crippen molar-refractivity contribution in [1.29, 1.82) is 0 Å². The SMILES string of the molecule is CCN(C)C(=O)C(C)NCc1cccc(O)c1. The average Bonchev–Trinajstić information content (AvgIpc) is 2.34. The molecule has 1 amide bonds. The maximum absolute atomic E-state index is 11.8. The molecule has 4 heteroatoms. The summed E-state index contributed by atoms with van der Waals surface area (Å²) in [4.78, 5) is 13.5. The van der Waals surface area contributed by atoms with E-state index in [1.165, 1.54) is 0 Å². The molecule has 0 bridgehead atoms. The van der Waals surface area contributed by atoms with Crippen molar-refractivity contribution in [2.45, 2.75) is 26.4 Å². The average molecular weight is 236 g/mol. The lowest BCUT2D eigenvalue weighted by Crippen LogP contribution is -2.42. The number of rotatable bonds is 5. The third-order valence-electron chi connectivity index (χ3n) is 2.74. The van der Waals surface area contributed by atoms with Gasteiger partial charge in [-0.05, 0) is 31.5 Å². The van der Waals surface area contributed by atoms with E-state index in [1.807, 2.05) is 19.9 Å². The standard InChI is InChI=1S/C13H20N2O2/c1-4-15(3)13(17)10(2)14-9-11-6-5-7-12(16)8-11/h5-8,10,14,16H,4,9H2,1-3H3. The highest BCUT2D eigenvalue weighted by Crippen LogP contribution is 2.10. The van der Waals surface area contributed by atoms with Crippen LogP contribution in [0.2, 0.25) is 0 Å². The van der Waals surface area contributed by atoms with Gasteiger partial charge < -0.3 is 15.3 Å². The predicted octanol–water partition coefficient (Wildman–Crippen LogP) is 1.35. The zero-order valence-corrected chi connectivity index (χ0v) is 10.6. The third-order valence-corrected chi connectivity index (χ3v) is 2.74. The molecule has 0 aromatic heterocycles. The van der Waals surface area contributed by atoms with Crippen molar-refractivity contribution in [3.05, 3.63) is 29.8 Å². The molecule has 0 aliphatic heterocycles. The Kier molecular flexibility index (Phi) is 4.97. The van der Waals surface area contributed by atoms with E-state index in [9.17, 15) is 9.90 Å². The van der Waals surface area contributed by atoms with Crippen LogP contribution in [0.1, 0.15) is 19.4 Å². The summed E-state index contributed by atoms with van der Waals surface area (Å²) in [5.74, 6) is 0.321.